The summed E-state index contributed by atoms with van der Waals surface area (Å²) in [5, 5.41) is 18.2. The lowest BCUT2D eigenvalue weighted by Gasteiger charge is -2.20. The zero-order valence-corrected chi connectivity index (χ0v) is 16.6. The van der Waals surface area contributed by atoms with Crippen molar-refractivity contribution in [1.82, 2.24) is 0 Å². The Balaban J connectivity index is 2.79. The molecule has 2 N–H and O–H groups in total. The quantitative estimate of drug-likeness (QED) is 0.479. The Labute approximate surface area is 158 Å². The number of likely N-dealkylation sites (N-methyl/N-ethyl adjacent to an activating group) is 1. The minimum Gasteiger partial charge on any atom is -0.477 e. The number of aromatic carboxylic acids is 1. The van der Waals surface area contributed by atoms with Gasteiger partial charge in [-0.15, -0.1) is 11.3 Å². The van der Waals surface area contributed by atoms with Crippen LogP contribution >= 0.6 is 11.3 Å². The van der Waals surface area contributed by atoms with Crippen molar-refractivity contribution in [2.24, 2.45) is 5.41 Å². The first kappa shape index (κ1) is 22.2. The third kappa shape index (κ3) is 7.56. The van der Waals surface area contributed by atoms with Crippen molar-refractivity contribution in [3.63, 3.8) is 0 Å². The minimum absolute atomic E-state index is 0.0167. The van der Waals surface area contributed by atoms with E-state index in [1.54, 1.807) is 18.0 Å². The number of aliphatic hydroxyl groups excluding tert-OH is 1. The topological polar surface area (TPSA) is 87.1 Å². The first-order valence-corrected chi connectivity index (χ1v) is 9.28. The van der Waals surface area contributed by atoms with Gasteiger partial charge in [0.2, 0.25) is 0 Å². The first-order valence-electron chi connectivity index (χ1n) is 8.47. The highest BCUT2D eigenvalue weighted by Crippen LogP contribution is 2.29. The molecule has 7 heteroatoms. The van der Waals surface area contributed by atoms with Crippen LogP contribution in [0.3, 0.4) is 0 Å². The molecule has 6 nitrogen and oxygen atoms in total. The zero-order valence-electron chi connectivity index (χ0n) is 15.7. The number of aldehydes is 1. The van der Waals surface area contributed by atoms with Crippen LogP contribution in [0.15, 0.2) is 6.07 Å². The number of ether oxygens (including phenoxy) is 1. The highest BCUT2D eigenvalue weighted by molar-refractivity contribution is 7.15. The standard InChI is InChI=1S/C19H27NO5S/c1-19(2,3)8-7-15-12-16(17(26-15)18(23)24)20(4)9-11-25-14(13-22)6-5-10-21/h12-14,21H,5-6,9-11H2,1-4H3,(H,23,24). The van der Waals surface area contributed by atoms with Gasteiger partial charge in [0.05, 0.1) is 17.2 Å². The predicted molar refractivity (Wildman–Crippen MR) is 103 cm³/mol. The van der Waals surface area contributed by atoms with Gasteiger partial charge in [0.1, 0.15) is 17.3 Å². The van der Waals surface area contributed by atoms with Gasteiger partial charge < -0.3 is 24.6 Å². The molecule has 0 aromatic carbocycles. The van der Waals surface area contributed by atoms with E-state index >= 15 is 0 Å². The van der Waals surface area contributed by atoms with Crippen molar-refractivity contribution in [1.29, 1.82) is 0 Å². The van der Waals surface area contributed by atoms with Gasteiger partial charge in [0.15, 0.2) is 0 Å². The summed E-state index contributed by atoms with van der Waals surface area (Å²) >= 11 is 1.15. The van der Waals surface area contributed by atoms with Gasteiger partial charge in [-0.1, -0.05) is 11.8 Å². The smallest absolute Gasteiger partial charge is 0.348 e. The summed E-state index contributed by atoms with van der Waals surface area (Å²) in [5.74, 6) is 5.16. The van der Waals surface area contributed by atoms with Crippen LogP contribution in [-0.2, 0) is 9.53 Å². The van der Waals surface area contributed by atoms with E-state index in [0.29, 0.717) is 30.0 Å². The molecule has 1 heterocycles. The second kappa shape index (κ2) is 10.3. The molecule has 1 atom stereocenters. The highest BCUT2D eigenvalue weighted by atomic mass is 32.1. The number of carboxylic acids is 1. The Morgan fingerprint density at radius 1 is 1.46 bits per heavy atom. The average Bonchev–Trinajstić information content (AvgIpc) is 3.00. The lowest BCUT2D eigenvalue weighted by molar-refractivity contribution is -0.118. The van der Waals surface area contributed by atoms with Gasteiger partial charge in [-0.3, -0.25) is 0 Å². The van der Waals surface area contributed by atoms with E-state index in [0.717, 1.165) is 17.6 Å². The Hall–Kier alpha value is -1.88. The van der Waals surface area contributed by atoms with E-state index in [1.807, 2.05) is 20.8 Å². The van der Waals surface area contributed by atoms with Crippen LogP contribution in [0.25, 0.3) is 0 Å². The van der Waals surface area contributed by atoms with Crippen molar-refractivity contribution in [3.05, 3.63) is 15.8 Å². The summed E-state index contributed by atoms with van der Waals surface area (Å²) in [6, 6.07) is 1.77. The summed E-state index contributed by atoms with van der Waals surface area (Å²) in [6.45, 7) is 6.72. The maximum Gasteiger partial charge on any atom is 0.348 e. The molecule has 144 valence electrons. The number of aliphatic hydroxyl groups is 1. The fourth-order valence-corrected chi connectivity index (χ4v) is 2.97. The molecule has 0 saturated carbocycles. The maximum absolute atomic E-state index is 11.5. The van der Waals surface area contributed by atoms with Crippen LogP contribution in [0.4, 0.5) is 5.69 Å². The van der Waals surface area contributed by atoms with Gasteiger partial charge in [0, 0.05) is 25.6 Å². The molecule has 1 unspecified atom stereocenters. The molecule has 0 aliphatic rings. The first-order chi connectivity index (χ1) is 12.2. The molecule has 1 aromatic heterocycles. The van der Waals surface area contributed by atoms with Gasteiger partial charge >= 0.3 is 5.97 Å². The summed E-state index contributed by atoms with van der Waals surface area (Å²) in [5.41, 5.74) is 0.424. The molecular formula is C19H27NO5S. The van der Waals surface area contributed by atoms with E-state index in [9.17, 15) is 14.7 Å². The fraction of sp³-hybridized carbons (Fsp3) is 0.579. The zero-order chi connectivity index (χ0) is 19.7. The Kier molecular flexibility index (Phi) is 8.79. The highest BCUT2D eigenvalue weighted by Gasteiger charge is 2.18. The molecule has 0 saturated heterocycles. The Bertz CT molecular complexity index is 666. The average molecular weight is 381 g/mol. The van der Waals surface area contributed by atoms with Crippen molar-refractivity contribution < 1.29 is 24.5 Å². The van der Waals surface area contributed by atoms with Crippen LogP contribution < -0.4 is 4.90 Å². The van der Waals surface area contributed by atoms with Crippen LogP contribution in [0.5, 0.6) is 0 Å². The molecule has 1 rings (SSSR count). The predicted octanol–water partition coefficient (Wildman–Crippen LogP) is 2.64. The normalized spacial score (nSPS) is 12.2. The van der Waals surface area contributed by atoms with Gasteiger partial charge in [-0.05, 0) is 39.7 Å². The SMILES string of the molecule is CN(CCOC(C=O)CCCO)c1cc(C#CC(C)(C)C)sc1C(=O)O. The van der Waals surface area contributed by atoms with Crippen LogP contribution in [0, 0.1) is 17.3 Å². The van der Waals surface area contributed by atoms with Crippen LogP contribution in [0.2, 0.25) is 0 Å². The molecule has 0 spiro atoms. The summed E-state index contributed by atoms with van der Waals surface area (Å²) in [6.07, 6.45) is 1.14. The van der Waals surface area contributed by atoms with Gasteiger partial charge in [0.25, 0.3) is 0 Å². The molecule has 0 bridgehead atoms. The van der Waals surface area contributed by atoms with Gasteiger partial charge in [-0.2, -0.15) is 0 Å². The number of carbonyl (C=O) groups is 2. The van der Waals surface area contributed by atoms with E-state index in [1.165, 1.54) is 0 Å². The molecule has 0 aliphatic heterocycles. The summed E-state index contributed by atoms with van der Waals surface area (Å²) in [7, 11) is 1.78. The largest absolute Gasteiger partial charge is 0.477 e. The fourth-order valence-electron chi connectivity index (χ4n) is 2.07. The number of carbonyl (C=O) groups excluding carboxylic acids is 1. The minimum atomic E-state index is -0.990. The molecule has 0 radical (unpaired) electrons. The third-order valence-corrected chi connectivity index (χ3v) is 4.46. The van der Waals surface area contributed by atoms with E-state index in [4.69, 9.17) is 9.84 Å². The lowest BCUT2D eigenvalue weighted by atomic mass is 9.98. The molecule has 26 heavy (non-hydrogen) atoms. The molecule has 1 aromatic rings. The van der Waals surface area contributed by atoms with Crippen LogP contribution in [-0.4, -0.2) is 55.4 Å². The number of carboxylic acid groups (broad SMARTS) is 1. The van der Waals surface area contributed by atoms with Crippen molar-refractivity contribution in [2.45, 2.75) is 39.7 Å². The number of rotatable bonds is 10. The molecule has 0 aliphatic carbocycles. The van der Waals surface area contributed by atoms with Gasteiger partial charge in [-0.25, -0.2) is 4.79 Å². The van der Waals surface area contributed by atoms with Crippen LogP contribution in [0.1, 0.15) is 48.2 Å². The Morgan fingerprint density at radius 2 is 2.15 bits per heavy atom. The second-order valence-corrected chi connectivity index (χ2v) is 8.02. The lowest BCUT2D eigenvalue weighted by Crippen LogP contribution is -2.26. The number of hydrogen-bond acceptors (Lipinski definition) is 6. The van der Waals surface area contributed by atoms with E-state index in [2.05, 4.69) is 11.8 Å². The molecule has 0 amide bonds. The van der Waals surface area contributed by atoms with Crippen molar-refractivity contribution in [3.8, 4) is 11.8 Å². The number of anilines is 1. The summed E-state index contributed by atoms with van der Waals surface area (Å²) < 4.78 is 5.49. The third-order valence-electron chi connectivity index (χ3n) is 3.44. The number of nitrogens with zero attached hydrogens (tertiary/aromatic N) is 1. The van der Waals surface area contributed by atoms with E-state index < -0.39 is 12.1 Å². The maximum atomic E-state index is 11.5. The monoisotopic (exact) mass is 381 g/mol. The van der Waals surface area contributed by atoms with E-state index in [-0.39, 0.29) is 23.5 Å². The number of hydrogen-bond donors (Lipinski definition) is 2. The van der Waals surface area contributed by atoms with Crippen molar-refractivity contribution >= 4 is 29.3 Å². The number of thiophene rings is 1. The molecular weight excluding hydrogens is 354 g/mol. The second-order valence-electron chi connectivity index (χ2n) is 6.96. The summed E-state index contributed by atoms with van der Waals surface area (Å²) in [4.78, 5) is 25.2. The molecule has 0 fully saturated rings. The van der Waals surface area contributed by atoms with Crippen molar-refractivity contribution in [2.75, 3.05) is 31.7 Å². The Morgan fingerprint density at radius 3 is 2.69 bits per heavy atom.